The number of hydrogen-bond donors (Lipinski definition) is 0. The van der Waals surface area contributed by atoms with Gasteiger partial charge in [0, 0.05) is 0 Å². The summed E-state index contributed by atoms with van der Waals surface area (Å²) in [5.74, 6) is -0.969. The Morgan fingerprint density at radius 2 is 1.32 bits per heavy atom. The first kappa shape index (κ1) is 15.2. The summed E-state index contributed by atoms with van der Waals surface area (Å²) in [5, 5.41) is 0. The fraction of sp³-hybridized carbons (Fsp3) is 0.125. The molecule has 0 atom stereocenters. The molecule has 0 aromatic heterocycles. The van der Waals surface area contributed by atoms with Crippen LogP contribution in [0.1, 0.15) is 0 Å². The summed E-state index contributed by atoms with van der Waals surface area (Å²) in [4.78, 5) is 28.3. The molecule has 0 aliphatic heterocycles. The molecule has 0 radical (unpaired) electrons. The van der Waals surface area contributed by atoms with Crippen LogP contribution in [0.15, 0.2) is 70.6 Å². The van der Waals surface area contributed by atoms with E-state index in [-0.39, 0.29) is 6.61 Å². The molecule has 0 fully saturated rings. The van der Waals surface area contributed by atoms with Crippen molar-refractivity contribution >= 4 is 12.2 Å². The van der Waals surface area contributed by atoms with Crippen molar-refractivity contribution in [2.45, 2.75) is 5.85 Å². The van der Waals surface area contributed by atoms with Crippen molar-refractivity contribution in [1.82, 2.24) is 0 Å². The Bertz CT molecular complexity index is 673. The molecule has 0 heterocycles. The van der Waals surface area contributed by atoms with E-state index in [1.165, 1.54) is 12.2 Å². The van der Waals surface area contributed by atoms with Crippen molar-refractivity contribution in [3.63, 3.8) is 0 Å². The summed E-state index contributed by atoms with van der Waals surface area (Å²) in [6.07, 6.45) is 2.69. The fourth-order valence-electron chi connectivity index (χ4n) is 1.68. The summed E-state index contributed by atoms with van der Waals surface area (Å²) >= 11 is 0. The van der Waals surface area contributed by atoms with Crippen LogP contribution in [0.5, 0.6) is 11.5 Å². The number of isocyanates is 2. The monoisotopic (exact) mass is 296 g/mol. The van der Waals surface area contributed by atoms with Gasteiger partial charge in [-0.15, -0.1) is 9.98 Å². The third-order valence-electron chi connectivity index (χ3n) is 2.64. The molecule has 6 nitrogen and oxygen atoms in total. The second-order valence-corrected chi connectivity index (χ2v) is 4.17. The number of ether oxygens (including phenoxy) is 2. The maximum atomic E-state index is 10.7. The van der Waals surface area contributed by atoms with Crippen molar-refractivity contribution < 1.29 is 19.1 Å². The number of benzene rings is 2. The van der Waals surface area contributed by atoms with Gasteiger partial charge in [0.2, 0.25) is 12.2 Å². The maximum absolute atomic E-state index is 10.7. The molecule has 0 saturated heterocycles. The molecule has 22 heavy (non-hydrogen) atoms. The third kappa shape index (κ3) is 4.15. The van der Waals surface area contributed by atoms with E-state index in [0.29, 0.717) is 11.5 Å². The predicted molar refractivity (Wildman–Crippen MR) is 78.0 cm³/mol. The van der Waals surface area contributed by atoms with Gasteiger partial charge in [-0.25, -0.2) is 9.59 Å². The minimum absolute atomic E-state index is 0.281. The van der Waals surface area contributed by atoms with Gasteiger partial charge in [-0.1, -0.05) is 36.4 Å². The van der Waals surface area contributed by atoms with Crippen LogP contribution in [0.4, 0.5) is 0 Å². The first-order chi connectivity index (χ1) is 10.8. The lowest BCUT2D eigenvalue weighted by molar-refractivity contribution is 0.0348. The molecule has 0 unspecified atom stereocenters. The molecule has 2 rings (SSSR count). The zero-order valence-corrected chi connectivity index (χ0v) is 11.5. The number of nitrogens with zero attached hydrogens (tertiary/aromatic N) is 2. The average Bonchev–Trinajstić information content (AvgIpc) is 2.55. The summed E-state index contributed by atoms with van der Waals surface area (Å²) in [6, 6.07) is 17.3. The van der Waals surface area contributed by atoms with Gasteiger partial charge in [0.15, 0.2) is 6.61 Å². The second kappa shape index (κ2) is 7.55. The zero-order valence-electron chi connectivity index (χ0n) is 11.5. The van der Waals surface area contributed by atoms with Crippen LogP contribution in [0.3, 0.4) is 0 Å². The first-order valence-electron chi connectivity index (χ1n) is 6.38. The molecule has 2 aromatic rings. The van der Waals surface area contributed by atoms with Crippen molar-refractivity contribution in [3.05, 3.63) is 60.7 Å². The number of carbonyl (C=O) groups excluding carboxylic acids is 2. The van der Waals surface area contributed by atoms with E-state index in [1.54, 1.807) is 54.6 Å². The Labute approximate surface area is 126 Å². The van der Waals surface area contributed by atoms with Crippen LogP contribution < -0.4 is 9.47 Å². The molecule has 2 aromatic carbocycles. The minimum atomic E-state index is -1.86. The lowest BCUT2D eigenvalue weighted by Crippen LogP contribution is -2.38. The third-order valence-corrected chi connectivity index (χ3v) is 2.64. The summed E-state index contributed by atoms with van der Waals surface area (Å²) in [7, 11) is 0. The van der Waals surface area contributed by atoms with E-state index >= 15 is 0 Å². The summed E-state index contributed by atoms with van der Waals surface area (Å²) in [6.45, 7) is -0.281. The predicted octanol–water partition coefficient (Wildman–Crippen LogP) is 2.47. The van der Waals surface area contributed by atoms with E-state index in [1.807, 2.05) is 6.07 Å². The van der Waals surface area contributed by atoms with Crippen molar-refractivity contribution in [1.29, 1.82) is 0 Å². The molecule has 6 heteroatoms. The van der Waals surface area contributed by atoms with E-state index in [0.717, 1.165) is 0 Å². The Balaban J connectivity index is 2.24. The van der Waals surface area contributed by atoms with Crippen LogP contribution in [0.25, 0.3) is 0 Å². The average molecular weight is 296 g/mol. The highest BCUT2D eigenvalue weighted by atomic mass is 16.6. The molecule has 0 spiro atoms. The van der Waals surface area contributed by atoms with Crippen LogP contribution >= 0.6 is 0 Å². The standard InChI is InChI=1S/C16H12N2O4/c19-12-17-16(18-13-20,22-15-9-5-2-6-10-15)11-21-14-7-3-1-4-8-14/h1-10H,11H2. The second-order valence-electron chi connectivity index (χ2n) is 4.17. The quantitative estimate of drug-likeness (QED) is 0.581. The van der Waals surface area contributed by atoms with E-state index in [2.05, 4.69) is 9.98 Å². The molecule has 0 aliphatic rings. The lowest BCUT2D eigenvalue weighted by atomic mass is 10.3. The molecule has 0 saturated carbocycles. The molecule has 0 bridgehead atoms. The maximum Gasteiger partial charge on any atom is 0.354 e. The highest BCUT2D eigenvalue weighted by Gasteiger charge is 2.34. The van der Waals surface area contributed by atoms with Crippen LogP contribution in [-0.2, 0) is 9.59 Å². The number of para-hydroxylation sites is 2. The van der Waals surface area contributed by atoms with Gasteiger partial charge in [0.1, 0.15) is 11.5 Å². The van der Waals surface area contributed by atoms with Crippen molar-refractivity contribution in [3.8, 4) is 11.5 Å². The van der Waals surface area contributed by atoms with E-state index in [4.69, 9.17) is 9.47 Å². The van der Waals surface area contributed by atoms with Gasteiger partial charge in [0.25, 0.3) is 0 Å². The number of hydrogen-bond acceptors (Lipinski definition) is 6. The largest absolute Gasteiger partial charge is 0.485 e. The van der Waals surface area contributed by atoms with E-state index in [9.17, 15) is 9.59 Å². The summed E-state index contributed by atoms with van der Waals surface area (Å²) in [5.41, 5.74) is 0. The fourth-order valence-corrected chi connectivity index (χ4v) is 1.68. The number of rotatable bonds is 7. The van der Waals surface area contributed by atoms with Gasteiger partial charge in [-0.05, 0) is 24.3 Å². The van der Waals surface area contributed by atoms with Gasteiger partial charge in [-0.3, -0.25) is 0 Å². The Morgan fingerprint density at radius 1 is 0.818 bits per heavy atom. The first-order valence-corrected chi connectivity index (χ1v) is 6.38. The molecule has 0 amide bonds. The number of aliphatic imine (C=N–C) groups is 2. The van der Waals surface area contributed by atoms with Crippen LogP contribution in [0, 0.1) is 0 Å². The van der Waals surface area contributed by atoms with Gasteiger partial charge in [-0.2, -0.15) is 0 Å². The normalized spacial score (nSPS) is 12.2. The van der Waals surface area contributed by atoms with Crippen LogP contribution in [0.2, 0.25) is 0 Å². The van der Waals surface area contributed by atoms with Gasteiger partial charge in [0.05, 0.1) is 0 Å². The van der Waals surface area contributed by atoms with Crippen molar-refractivity contribution in [2.75, 3.05) is 6.61 Å². The molecular weight excluding hydrogens is 284 g/mol. The smallest absolute Gasteiger partial charge is 0.354 e. The topological polar surface area (TPSA) is 77.3 Å². The molecule has 0 aliphatic carbocycles. The highest BCUT2D eigenvalue weighted by Crippen LogP contribution is 2.22. The zero-order chi connectivity index (χ0) is 15.7. The Hall–Kier alpha value is -3.20. The van der Waals surface area contributed by atoms with Gasteiger partial charge < -0.3 is 9.47 Å². The van der Waals surface area contributed by atoms with Gasteiger partial charge >= 0.3 is 5.85 Å². The summed E-state index contributed by atoms with van der Waals surface area (Å²) < 4.78 is 11.0. The Morgan fingerprint density at radius 3 is 1.82 bits per heavy atom. The molecule has 0 N–H and O–H groups in total. The van der Waals surface area contributed by atoms with Crippen LogP contribution in [-0.4, -0.2) is 24.6 Å². The molecule has 110 valence electrons. The van der Waals surface area contributed by atoms with E-state index < -0.39 is 5.85 Å². The van der Waals surface area contributed by atoms with Crippen molar-refractivity contribution in [2.24, 2.45) is 9.98 Å². The molecular formula is C16H12N2O4. The Kier molecular flexibility index (Phi) is 5.21. The highest BCUT2D eigenvalue weighted by molar-refractivity contribution is 5.39. The minimum Gasteiger partial charge on any atom is -0.485 e. The lowest BCUT2D eigenvalue weighted by Gasteiger charge is -2.23. The SMILES string of the molecule is O=C=NC(COc1ccccc1)(N=C=O)Oc1ccccc1.